The van der Waals surface area contributed by atoms with E-state index in [9.17, 15) is 19.1 Å². The van der Waals surface area contributed by atoms with Crippen LogP contribution in [0, 0.1) is 12.7 Å². The Labute approximate surface area is 199 Å². The van der Waals surface area contributed by atoms with Crippen molar-refractivity contribution in [2.24, 2.45) is 0 Å². The number of benzene rings is 3. The van der Waals surface area contributed by atoms with Crippen molar-refractivity contribution in [3.8, 4) is 16.9 Å². The van der Waals surface area contributed by atoms with Crippen LogP contribution >= 0.6 is 11.8 Å². The molecule has 1 N–H and O–H groups in total. The van der Waals surface area contributed by atoms with Gasteiger partial charge in [0.2, 0.25) is 0 Å². The van der Waals surface area contributed by atoms with E-state index in [1.165, 1.54) is 29.6 Å². The molecule has 0 radical (unpaired) electrons. The summed E-state index contributed by atoms with van der Waals surface area (Å²) in [5, 5.41) is 17.3. The van der Waals surface area contributed by atoms with Gasteiger partial charge in [-0.1, -0.05) is 29.5 Å². The zero-order chi connectivity index (χ0) is 24.2. The Hall–Kier alpha value is -3.72. The van der Waals surface area contributed by atoms with Crippen LogP contribution in [0.15, 0.2) is 70.4 Å². The van der Waals surface area contributed by atoms with Crippen LogP contribution in [-0.2, 0) is 11.3 Å². The summed E-state index contributed by atoms with van der Waals surface area (Å²) in [5.74, 6) is -0.731. The van der Waals surface area contributed by atoms with E-state index >= 15 is 0 Å². The summed E-state index contributed by atoms with van der Waals surface area (Å²) in [6.45, 7) is 1.81. The average Bonchev–Trinajstić information content (AvgIpc) is 2.84. The van der Waals surface area contributed by atoms with Gasteiger partial charge in [0.15, 0.2) is 0 Å². The highest BCUT2D eigenvalue weighted by atomic mass is 32.2. The standard InChI is InChI=1S/C25H22FN3O4S/c1-15-3-4-17(13-21(15)26)16-5-8-19(9-6-16)34-23(25(31)32)11-12-29-24(30)20-14-18(33-2)7-10-22(20)27-28-29/h3-10,13-14,23H,11-12H2,1-2H3,(H,31,32). The molecule has 0 bridgehead atoms. The predicted molar refractivity (Wildman–Crippen MR) is 129 cm³/mol. The minimum Gasteiger partial charge on any atom is -0.497 e. The van der Waals surface area contributed by atoms with Gasteiger partial charge in [-0.05, 0) is 66.4 Å². The Bertz CT molecular complexity index is 1410. The van der Waals surface area contributed by atoms with Crippen LogP contribution in [0.4, 0.5) is 4.39 Å². The Kier molecular flexibility index (Phi) is 6.93. The molecule has 9 heteroatoms. The molecule has 34 heavy (non-hydrogen) atoms. The van der Waals surface area contributed by atoms with Crippen molar-refractivity contribution < 1.29 is 19.0 Å². The van der Waals surface area contributed by atoms with Crippen molar-refractivity contribution >= 4 is 28.6 Å². The Morgan fingerprint density at radius 2 is 1.85 bits per heavy atom. The molecule has 4 rings (SSSR count). The van der Waals surface area contributed by atoms with Crippen LogP contribution < -0.4 is 10.3 Å². The number of carbonyl (C=O) groups is 1. The summed E-state index contributed by atoms with van der Waals surface area (Å²) < 4.78 is 20.2. The van der Waals surface area contributed by atoms with Gasteiger partial charge in [-0.25, -0.2) is 9.07 Å². The number of methoxy groups -OCH3 is 1. The fraction of sp³-hybridized carbons (Fsp3) is 0.200. The largest absolute Gasteiger partial charge is 0.497 e. The van der Waals surface area contributed by atoms with Gasteiger partial charge in [-0.3, -0.25) is 9.59 Å². The van der Waals surface area contributed by atoms with Crippen LogP contribution in [0.3, 0.4) is 0 Å². The number of halogens is 1. The molecular formula is C25H22FN3O4S. The van der Waals surface area contributed by atoms with Crippen LogP contribution in [0.2, 0.25) is 0 Å². The number of aromatic nitrogens is 3. The van der Waals surface area contributed by atoms with Crippen LogP contribution in [0.25, 0.3) is 22.0 Å². The zero-order valence-corrected chi connectivity index (χ0v) is 19.4. The first-order chi connectivity index (χ1) is 16.4. The van der Waals surface area contributed by atoms with Gasteiger partial charge in [0.1, 0.15) is 22.3 Å². The number of aryl methyl sites for hydroxylation is 2. The van der Waals surface area contributed by atoms with Gasteiger partial charge in [0, 0.05) is 11.4 Å². The minimum absolute atomic E-state index is 0.101. The summed E-state index contributed by atoms with van der Waals surface area (Å²) in [5.41, 5.74) is 2.26. The van der Waals surface area contributed by atoms with Crippen molar-refractivity contribution in [2.75, 3.05) is 7.11 Å². The predicted octanol–water partition coefficient (Wildman–Crippen LogP) is 4.55. The van der Waals surface area contributed by atoms with E-state index in [1.807, 2.05) is 30.3 Å². The smallest absolute Gasteiger partial charge is 0.317 e. The number of carboxylic acids is 1. The van der Waals surface area contributed by atoms with E-state index < -0.39 is 11.2 Å². The molecule has 0 fully saturated rings. The van der Waals surface area contributed by atoms with E-state index in [0.717, 1.165) is 16.0 Å². The normalized spacial score (nSPS) is 12.0. The number of hydrogen-bond acceptors (Lipinski definition) is 6. The molecule has 1 atom stereocenters. The number of nitrogens with zero attached hydrogens (tertiary/aromatic N) is 3. The maximum atomic E-state index is 13.9. The lowest BCUT2D eigenvalue weighted by atomic mass is 10.0. The van der Waals surface area contributed by atoms with Gasteiger partial charge >= 0.3 is 5.97 Å². The van der Waals surface area contributed by atoms with Crippen LogP contribution in [0.5, 0.6) is 5.75 Å². The van der Waals surface area contributed by atoms with Crippen molar-refractivity contribution in [3.05, 3.63) is 82.4 Å². The van der Waals surface area contributed by atoms with E-state index in [1.54, 1.807) is 31.2 Å². The Balaban J connectivity index is 1.48. The second-order valence-corrected chi connectivity index (χ2v) is 9.00. The van der Waals surface area contributed by atoms with Gasteiger partial charge < -0.3 is 9.84 Å². The highest BCUT2D eigenvalue weighted by Crippen LogP contribution is 2.29. The molecule has 3 aromatic carbocycles. The molecular weight excluding hydrogens is 457 g/mol. The third-order valence-corrected chi connectivity index (χ3v) is 6.71. The molecule has 0 saturated heterocycles. The molecule has 1 aromatic heterocycles. The first-order valence-electron chi connectivity index (χ1n) is 10.5. The summed E-state index contributed by atoms with van der Waals surface area (Å²) in [6.07, 6.45) is 0.176. The monoisotopic (exact) mass is 479 g/mol. The molecule has 0 aliphatic rings. The molecule has 1 unspecified atom stereocenters. The fourth-order valence-electron chi connectivity index (χ4n) is 3.46. The molecule has 0 spiro atoms. The molecule has 0 amide bonds. The molecule has 0 aliphatic carbocycles. The summed E-state index contributed by atoms with van der Waals surface area (Å²) in [7, 11) is 1.51. The van der Waals surface area contributed by atoms with Crippen molar-refractivity contribution in [1.29, 1.82) is 0 Å². The zero-order valence-electron chi connectivity index (χ0n) is 18.6. The number of ether oxygens (including phenoxy) is 1. The number of rotatable bonds is 8. The number of hydrogen-bond donors (Lipinski definition) is 1. The fourth-order valence-corrected chi connectivity index (χ4v) is 4.41. The van der Waals surface area contributed by atoms with E-state index in [4.69, 9.17) is 4.74 Å². The first kappa shape index (κ1) is 23.4. The summed E-state index contributed by atoms with van der Waals surface area (Å²) in [6, 6.07) is 17.3. The molecule has 174 valence electrons. The van der Waals surface area contributed by atoms with Crippen LogP contribution in [0.1, 0.15) is 12.0 Å². The summed E-state index contributed by atoms with van der Waals surface area (Å²) in [4.78, 5) is 25.4. The lowest BCUT2D eigenvalue weighted by Crippen LogP contribution is -2.27. The highest BCUT2D eigenvalue weighted by molar-refractivity contribution is 8.00. The van der Waals surface area contributed by atoms with Gasteiger partial charge in [0.05, 0.1) is 12.5 Å². The van der Waals surface area contributed by atoms with Gasteiger partial charge in [-0.15, -0.1) is 16.9 Å². The van der Waals surface area contributed by atoms with Crippen LogP contribution in [-0.4, -0.2) is 38.4 Å². The Morgan fingerprint density at radius 3 is 2.53 bits per heavy atom. The van der Waals surface area contributed by atoms with E-state index in [-0.39, 0.29) is 24.3 Å². The molecule has 0 saturated carbocycles. The quantitative estimate of drug-likeness (QED) is 0.371. The number of carboxylic acid groups (broad SMARTS) is 1. The first-order valence-corrected chi connectivity index (χ1v) is 11.4. The highest BCUT2D eigenvalue weighted by Gasteiger charge is 2.20. The summed E-state index contributed by atoms with van der Waals surface area (Å²) >= 11 is 1.18. The third-order valence-electron chi connectivity index (χ3n) is 5.45. The second kappa shape index (κ2) is 10.0. The lowest BCUT2D eigenvalue weighted by molar-refractivity contribution is -0.136. The van der Waals surface area contributed by atoms with Crippen molar-refractivity contribution in [1.82, 2.24) is 15.0 Å². The Morgan fingerprint density at radius 1 is 1.12 bits per heavy atom. The average molecular weight is 480 g/mol. The van der Waals surface area contributed by atoms with Crippen molar-refractivity contribution in [2.45, 2.75) is 30.0 Å². The van der Waals surface area contributed by atoms with Gasteiger partial charge in [0.25, 0.3) is 5.56 Å². The molecule has 7 nitrogen and oxygen atoms in total. The van der Waals surface area contributed by atoms with Gasteiger partial charge in [-0.2, -0.15) is 0 Å². The third kappa shape index (κ3) is 5.09. The van der Waals surface area contributed by atoms with E-state index in [2.05, 4.69) is 10.3 Å². The molecule has 0 aliphatic heterocycles. The second-order valence-electron chi connectivity index (χ2n) is 7.72. The topological polar surface area (TPSA) is 94.3 Å². The number of aliphatic carboxylic acids is 1. The minimum atomic E-state index is -0.988. The number of thioether (sulfide) groups is 1. The van der Waals surface area contributed by atoms with E-state index in [0.29, 0.717) is 22.2 Å². The van der Waals surface area contributed by atoms with Crippen molar-refractivity contribution in [3.63, 3.8) is 0 Å². The maximum Gasteiger partial charge on any atom is 0.317 e. The molecule has 1 heterocycles. The lowest BCUT2D eigenvalue weighted by Gasteiger charge is -2.13. The SMILES string of the molecule is COc1ccc2nnn(CCC(Sc3ccc(-c4ccc(C)c(F)c4)cc3)C(=O)O)c(=O)c2c1. The molecule has 4 aromatic rings. The maximum absolute atomic E-state index is 13.9. The number of fused-ring (bicyclic) bond motifs is 1.